The fourth-order valence-electron chi connectivity index (χ4n) is 1.26. The van der Waals surface area contributed by atoms with E-state index in [0.717, 1.165) is 18.7 Å². The third kappa shape index (κ3) is 3.17. The molecule has 0 saturated carbocycles. The summed E-state index contributed by atoms with van der Waals surface area (Å²) in [6, 6.07) is 3.72. The summed E-state index contributed by atoms with van der Waals surface area (Å²) in [6.07, 6.45) is 0. The van der Waals surface area contributed by atoms with Crippen molar-refractivity contribution >= 4 is 5.69 Å². The number of benzene rings is 1. The van der Waals surface area contributed by atoms with Gasteiger partial charge in [0.1, 0.15) is 5.69 Å². The Morgan fingerprint density at radius 1 is 1.25 bits per heavy atom. The van der Waals surface area contributed by atoms with Crippen molar-refractivity contribution in [1.82, 2.24) is 5.32 Å². The highest BCUT2D eigenvalue weighted by Gasteiger charge is 2.10. The molecule has 3 nitrogen and oxygen atoms in total. The summed E-state index contributed by atoms with van der Waals surface area (Å²) < 4.78 is 26.7. The number of hydrogen-bond donors (Lipinski definition) is 2. The average molecular weight is 225 g/mol. The van der Waals surface area contributed by atoms with E-state index in [1.165, 1.54) is 0 Å². The van der Waals surface area contributed by atoms with Crippen LogP contribution in [0.2, 0.25) is 0 Å². The maximum Gasteiger partial charge on any atom is 0.150 e. The molecule has 0 saturated heterocycles. The van der Waals surface area contributed by atoms with Crippen LogP contribution in [0.15, 0.2) is 12.1 Å². The maximum absolute atomic E-state index is 13.3. The Balaban J connectivity index is 2.70. The zero-order valence-electron chi connectivity index (χ0n) is 8.98. The molecule has 0 aliphatic rings. The summed E-state index contributed by atoms with van der Waals surface area (Å²) >= 11 is 0. The van der Waals surface area contributed by atoms with Gasteiger partial charge in [-0.2, -0.15) is 5.26 Å². The molecule has 16 heavy (non-hydrogen) atoms. The van der Waals surface area contributed by atoms with Crippen LogP contribution in [-0.4, -0.2) is 19.6 Å². The van der Waals surface area contributed by atoms with E-state index >= 15 is 0 Å². The third-order valence-electron chi connectivity index (χ3n) is 2.02. The van der Waals surface area contributed by atoms with Gasteiger partial charge in [0.15, 0.2) is 11.6 Å². The first-order valence-corrected chi connectivity index (χ1v) is 5.02. The number of hydrogen-bond acceptors (Lipinski definition) is 3. The van der Waals surface area contributed by atoms with Gasteiger partial charge in [0.2, 0.25) is 0 Å². The second-order valence-corrected chi connectivity index (χ2v) is 3.21. The lowest BCUT2D eigenvalue weighted by molar-refractivity contribution is 0.586. The second-order valence-electron chi connectivity index (χ2n) is 3.21. The Labute approximate surface area is 93.1 Å². The Morgan fingerprint density at radius 2 is 1.88 bits per heavy atom. The first-order valence-electron chi connectivity index (χ1n) is 5.02. The lowest BCUT2D eigenvalue weighted by Crippen LogP contribution is -2.22. The van der Waals surface area contributed by atoms with E-state index in [-0.39, 0.29) is 11.3 Å². The zero-order chi connectivity index (χ0) is 12.0. The molecule has 86 valence electrons. The predicted molar refractivity (Wildman–Crippen MR) is 58.1 cm³/mol. The highest BCUT2D eigenvalue weighted by Crippen LogP contribution is 2.19. The number of nitriles is 1. The van der Waals surface area contributed by atoms with E-state index in [1.54, 1.807) is 6.07 Å². The number of nitrogens with one attached hydrogen (secondary N) is 2. The summed E-state index contributed by atoms with van der Waals surface area (Å²) in [7, 11) is 0. The van der Waals surface area contributed by atoms with Gasteiger partial charge in [-0.15, -0.1) is 0 Å². The Morgan fingerprint density at radius 3 is 2.38 bits per heavy atom. The summed E-state index contributed by atoms with van der Waals surface area (Å²) in [5.74, 6) is -1.49. The normalized spacial score (nSPS) is 9.88. The first kappa shape index (κ1) is 12.4. The van der Waals surface area contributed by atoms with E-state index < -0.39 is 11.6 Å². The van der Waals surface area contributed by atoms with Crippen LogP contribution in [0.1, 0.15) is 12.5 Å². The highest BCUT2D eigenvalue weighted by atomic mass is 19.1. The number of likely N-dealkylation sites (N-methyl/N-ethyl adjacent to an activating group) is 1. The Bertz CT molecular complexity index is 376. The first-order chi connectivity index (χ1) is 7.69. The van der Waals surface area contributed by atoms with Gasteiger partial charge in [-0.25, -0.2) is 8.78 Å². The number of nitrogens with zero attached hydrogens (tertiary/aromatic N) is 1. The van der Waals surface area contributed by atoms with Crippen LogP contribution in [0.5, 0.6) is 0 Å². The van der Waals surface area contributed by atoms with Crippen LogP contribution >= 0.6 is 0 Å². The smallest absolute Gasteiger partial charge is 0.150 e. The molecule has 1 aromatic rings. The molecular weight excluding hydrogens is 212 g/mol. The lowest BCUT2D eigenvalue weighted by atomic mass is 10.2. The number of halogens is 2. The molecule has 0 aromatic heterocycles. The van der Waals surface area contributed by atoms with E-state index in [4.69, 9.17) is 5.26 Å². The van der Waals surface area contributed by atoms with Gasteiger partial charge >= 0.3 is 0 Å². The van der Waals surface area contributed by atoms with Crippen LogP contribution in [0.4, 0.5) is 14.5 Å². The van der Waals surface area contributed by atoms with Crippen molar-refractivity contribution in [2.24, 2.45) is 0 Å². The van der Waals surface area contributed by atoms with E-state index in [2.05, 4.69) is 10.6 Å². The highest BCUT2D eigenvalue weighted by molar-refractivity contribution is 5.50. The SMILES string of the molecule is CCNCCNc1c(F)cc(C#N)cc1F. The van der Waals surface area contributed by atoms with Gasteiger partial charge in [0.25, 0.3) is 0 Å². The molecule has 0 spiro atoms. The molecule has 0 fully saturated rings. The average Bonchev–Trinajstić information content (AvgIpc) is 2.26. The molecule has 1 aromatic carbocycles. The van der Waals surface area contributed by atoms with Gasteiger partial charge < -0.3 is 10.6 Å². The molecule has 0 amide bonds. The number of anilines is 1. The molecule has 2 N–H and O–H groups in total. The molecule has 1 rings (SSSR count). The summed E-state index contributed by atoms with van der Waals surface area (Å²) in [5, 5.41) is 14.2. The molecule has 0 unspecified atom stereocenters. The summed E-state index contributed by atoms with van der Waals surface area (Å²) in [4.78, 5) is 0. The maximum atomic E-state index is 13.3. The summed E-state index contributed by atoms with van der Waals surface area (Å²) in [6.45, 7) is 3.80. The van der Waals surface area contributed by atoms with Crippen molar-refractivity contribution < 1.29 is 8.78 Å². The molecule has 0 aliphatic heterocycles. The Hall–Kier alpha value is -1.67. The van der Waals surface area contributed by atoms with Gasteiger partial charge in [-0.1, -0.05) is 6.92 Å². The predicted octanol–water partition coefficient (Wildman–Crippen LogP) is 1.86. The van der Waals surface area contributed by atoms with Gasteiger partial charge in [0.05, 0.1) is 11.6 Å². The van der Waals surface area contributed by atoms with Gasteiger partial charge in [-0.05, 0) is 18.7 Å². The zero-order valence-corrected chi connectivity index (χ0v) is 8.98. The largest absolute Gasteiger partial charge is 0.379 e. The van der Waals surface area contributed by atoms with Crippen molar-refractivity contribution in [2.45, 2.75) is 6.92 Å². The molecule has 0 heterocycles. The van der Waals surface area contributed by atoms with E-state index in [1.807, 2.05) is 6.92 Å². The number of rotatable bonds is 5. The lowest BCUT2D eigenvalue weighted by Gasteiger charge is -2.09. The van der Waals surface area contributed by atoms with Gasteiger partial charge in [0, 0.05) is 13.1 Å². The van der Waals surface area contributed by atoms with Crippen LogP contribution in [0.25, 0.3) is 0 Å². The van der Waals surface area contributed by atoms with E-state index in [9.17, 15) is 8.78 Å². The van der Waals surface area contributed by atoms with Gasteiger partial charge in [-0.3, -0.25) is 0 Å². The molecule has 5 heteroatoms. The van der Waals surface area contributed by atoms with Crippen LogP contribution in [0, 0.1) is 23.0 Å². The fourth-order valence-corrected chi connectivity index (χ4v) is 1.26. The minimum atomic E-state index is -0.743. The fraction of sp³-hybridized carbons (Fsp3) is 0.364. The minimum absolute atomic E-state index is 0.0211. The monoisotopic (exact) mass is 225 g/mol. The summed E-state index contributed by atoms with van der Waals surface area (Å²) in [5.41, 5.74) is -0.205. The second kappa shape index (κ2) is 6.03. The molecule has 0 bridgehead atoms. The van der Waals surface area contributed by atoms with Crippen molar-refractivity contribution in [3.05, 3.63) is 29.3 Å². The Kier molecular flexibility index (Phi) is 4.67. The molecule has 0 aliphatic carbocycles. The van der Waals surface area contributed by atoms with Crippen molar-refractivity contribution in [3.8, 4) is 6.07 Å². The van der Waals surface area contributed by atoms with Crippen LogP contribution in [0.3, 0.4) is 0 Å². The standard InChI is InChI=1S/C11H13F2N3/c1-2-15-3-4-16-11-9(12)5-8(7-14)6-10(11)13/h5-6,15-16H,2-4H2,1H3. The topological polar surface area (TPSA) is 47.8 Å². The van der Waals surface area contributed by atoms with Crippen molar-refractivity contribution in [2.75, 3.05) is 25.0 Å². The van der Waals surface area contributed by atoms with Crippen LogP contribution < -0.4 is 10.6 Å². The minimum Gasteiger partial charge on any atom is -0.379 e. The third-order valence-corrected chi connectivity index (χ3v) is 2.02. The van der Waals surface area contributed by atoms with Crippen molar-refractivity contribution in [1.29, 1.82) is 5.26 Å². The quantitative estimate of drug-likeness (QED) is 0.752. The molecular formula is C11H13F2N3. The van der Waals surface area contributed by atoms with E-state index in [0.29, 0.717) is 13.1 Å². The molecule has 0 atom stereocenters. The van der Waals surface area contributed by atoms with Crippen molar-refractivity contribution in [3.63, 3.8) is 0 Å². The van der Waals surface area contributed by atoms with Crippen LogP contribution in [-0.2, 0) is 0 Å². The molecule has 0 radical (unpaired) electrons.